The molecule has 96 valence electrons. The zero-order chi connectivity index (χ0) is 12.5. The highest BCUT2D eigenvalue weighted by Gasteiger charge is 2.54. The summed E-state index contributed by atoms with van der Waals surface area (Å²) in [6.45, 7) is 3.88. The van der Waals surface area contributed by atoms with Crippen molar-refractivity contribution in [3.63, 3.8) is 0 Å². The van der Waals surface area contributed by atoms with Crippen LogP contribution in [0.25, 0.3) is 0 Å². The zero-order valence-electron chi connectivity index (χ0n) is 10.2. The molecular weight excluding hydrogens is 228 g/mol. The number of rotatable bonds is 4. The topological polar surface area (TPSA) is 52.6 Å². The van der Waals surface area contributed by atoms with Gasteiger partial charge in [-0.3, -0.25) is 4.90 Å². The molecule has 2 fully saturated rings. The van der Waals surface area contributed by atoms with Gasteiger partial charge in [0.2, 0.25) is 0 Å². The monoisotopic (exact) mass is 246 g/mol. The van der Waals surface area contributed by atoms with E-state index in [-0.39, 0.29) is 0 Å². The van der Waals surface area contributed by atoms with Crippen LogP contribution in [-0.4, -0.2) is 35.7 Å². The van der Waals surface area contributed by atoms with Crippen LogP contribution < -0.4 is 5.32 Å². The van der Waals surface area contributed by atoms with Crippen LogP contribution in [0.5, 0.6) is 0 Å². The van der Waals surface area contributed by atoms with Gasteiger partial charge in [-0.25, -0.2) is 4.79 Å². The molecule has 0 aromatic heterocycles. The second-order valence-corrected chi connectivity index (χ2v) is 5.36. The number of benzene rings is 1. The highest BCUT2D eigenvalue weighted by atomic mass is 16.4. The Morgan fingerprint density at radius 1 is 1.28 bits per heavy atom. The van der Waals surface area contributed by atoms with E-state index >= 15 is 0 Å². The van der Waals surface area contributed by atoms with Crippen molar-refractivity contribution in [1.29, 1.82) is 0 Å². The summed E-state index contributed by atoms with van der Waals surface area (Å²) in [7, 11) is 0. The lowest BCUT2D eigenvalue weighted by Gasteiger charge is -2.19. The molecule has 0 radical (unpaired) electrons. The molecule has 1 aliphatic carbocycles. The molecule has 1 saturated heterocycles. The highest BCUT2D eigenvalue weighted by Crippen LogP contribution is 2.51. The van der Waals surface area contributed by atoms with Gasteiger partial charge in [-0.1, -0.05) is 30.3 Å². The van der Waals surface area contributed by atoms with Gasteiger partial charge in [0.05, 0.1) is 0 Å². The van der Waals surface area contributed by atoms with Crippen molar-refractivity contribution in [2.45, 2.75) is 6.54 Å². The fourth-order valence-electron chi connectivity index (χ4n) is 3.22. The van der Waals surface area contributed by atoms with E-state index in [1.54, 1.807) is 0 Å². The molecule has 4 nitrogen and oxygen atoms in total. The molecule has 1 saturated carbocycles. The molecule has 4 heteroatoms. The number of fused-ring (bicyclic) bond motifs is 1. The quantitative estimate of drug-likeness (QED) is 0.849. The molecule has 0 bridgehead atoms. The molecule has 2 atom stereocenters. The van der Waals surface area contributed by atoms with Crippen LogP contribution >= 0.6 is 0 Å². The van der Waals surface area contributed by atoms with Crippen molar-refractivity contribution in [3.8, 4) is 0 Å². The molecule has 2 N–H and O–H groups in total. The minimum absolute atomic E-state index is 0.577. The predicted molar refractivity (Wildman–Crippen MR) is 68.2 cm³/mol. The second kappa shape index (κ2) is 4.61. The van der Waals surface area contributed by atoms with Crippen molar-refractivity contribution in [1.82, 2.24) is 10.2 Å². The van der Waals surface area contributed by atoms with Gasteiger partial charge in [0.25, 0.3) is 0 Å². The van der Waals surface area contributed by atoms with Gasteiger partial charge < -0.3 is 10.4 Å². The van der Waals surface area contributed by atoms with Crippen LogP contribution in [0.2, 0.25) is 0 Å². The maximum atomic E-state index is 10.4. The number of likely N-dealkylation sites (tertiary alicyclic amines) is 1. The first-order valence-electron chi connectivity index (χ1n) is 6.47. The molecule has 2 unspecified atom stereocenters. The Kier molecular flexibility index (Phi) is 2.96. The van der Waals surface area contributed by atoms with Crippen molar-refractivity contribution in [2.24, 2.45) is 17.8 Å². The maximum Gasteiger partial charge on any atom is 0.404 e. The van der Waals surface area contributed by atoms with Crippen molar-refractivity contribution in [3.05, 3.63) is 35.9 Å². The lowest BCUT2D eigenvalue weighted by molar-refractivity contribution is 0.192. The summed E-state index contributed by atoms with van der Waals surface area (Å²) in [5.41, 5.74) is 1.36. The van der Waals surface area contributed by atoms with E-state index < -0.39 is 6.09 Å². The van der Waals surface area contributed by atoms with Gasteiger partial charge >= 0.3 is 6.09 Å². The summed E-state index contributed by atoms with van der Waals surface area (Å²) in [6.07, 6.45) is -0.902. The lowest BCUT2D eigenvalue weighted by Crippen LogP contribution is -2.29. The van der Waals surface area contributed by atoms with Crippen LogP contribution in [-0.2, 0) is 6.54 Å². The molecule has 1 aliphatic heterocycles. The SMILES string of the molecule is O=C(O)NCC1C2CN(Cc3ccccc3)CC12. The average Bonchev–Trinajstić information content (AvgIpc) is 2.81. The van der Waals surface area contributed by atoms with Crippen LogP contribution in [0.1, 0.15) is 5.56 Å². The molecule has 3 rings (SSSR count). The Morgan fingerprint density at radius 2 is 1.94 bits per heavy atom. The van der Waals surface area contributed by atoms with E-state index in [2.05, 4.69) is 34.5 Å². The second-order valence-electron chi connectivity index (χ2n) is 5.36. The van der Waals surface area contributed by atoms with E-state index in [1.807, 2.05) is 6.07 Å². The van der Waals surface area contributed by atoms with Gasteiger partial charge in [-0.2, -0.15) is 0 Å². The number of hydrogen-bond acceptors (Lipinski definition) is 2. The van der Waals surface area contributed by atoms with Crippen LogP contribution in [0.3, 0.4) is 0 Å². The number of hydrogen-bond donors (Lipinski definition) is 2. The standard InChI is InChI=1S/C14H18N2O2/c17-14(18)15-6-11-12-8-16(9-13(11)12)7-10-4-2-1-3-5-10/h1-5,11-13,15H,6-9H2,(H,17,18). The number of carboxylic acid groups (broad SMARTS) is 1. The van der Waals surface area contributed by atoms with Gasteiger partial charge in [0.1, 0.15) is 0 Å². The van der Waals surface area contributed by atoms with Crippen molar-refractivity contribution in [2.75, 3.05) is 19.6 Å². The van der Waals surface area contributed by atoms with Gasteiger partial charge in [0, 0.05) is 26.2 Å². The summed E-state index contributed by atoms with van der Waals surface area (Å²) < 4.78 is 0. The normalized spacial score (nSPS) is 29.9. The number of piperidine rings is 1. The van der Waals surface area contributed by atoms with Crippen LogP contribution in [0.15, 0.2) is 30.3 Å². The molecule has 2 aliphatic rings. The summed E-state index contributed by atoms with van der Waals surface area (Å²) >= 11 is 0. The Morgan fingerprint density at radius 3 is 2.56 bits per heavy atom. The molecule has 1 amide bonds. The largest absolute Gasteiger partial charge is 0.465 e. The molecule has 1 aromatic carbocycles. The Hall–Kier alpha value is -1.55. The highest BCUT2D eigenvalue weighted by molar-refractivity contribution is 5.64. The Bertz CT molecular complexity index is 423. The fraction of sp³-hybridized carbons (Fsp3) is 0.500. The number of nitrogens with one attached hydrogen (secondary N) is 1. The molecular formula is C14H18N2O2. The zero-order valence-corrected chi connectivity index (χ0v) is 10.2. The number of nitrogens with zero attached hydrogens (tertiary/aromatic N) is 1. The first kappa shape index (κ1) is 11.5. The Labute approximate surface area is 107 Å². The summed E-state index contributed by atoms with van der Waals surface area (Å²) in [5, 5.41) is 11.1. The smallest absolute Gasteiger partial charge is 0.404 e. The molecule has 18 heavy (non-hydrogen) atoms. The van der Waals surface area contributed by atoms with E-state index in [1.165, 1.54) is 5.56 Å². The van der Waals surface area contributed by atoms with Crippen molar-refractivity contribution >= 4 is 6.09 Å². The lowest BCUT2D eigenvalue weighted by atomic mass is 10.2. The van der Waals surface area contributed by atoms with E-state index in [0.29, 0.717) is 24.3 Å². The summed E-state index contributed by atoms with van der Waals surface area (Å²) in [4.78, 5) is 12.9. The average molecular weight is 246 g/mol. The third kappa shape index (κ3) is 2.34. The molecule has 1 aromatic rings. The van der Waals surface area contributed by atoms with E-state index in [9.17, 15) is 4.79 Å². The fourth-order valence-corrected chi connectivity index (χ4v) is 3.22. The first-order valence-corrected chi connectivity index (χ1v) is 6.47. The molecule has 1 heterocycles. The summed E-state index contributed by atoms with van der Waals surface area (Å²) in [5.74, 6) is 1.99. The third-order valence-electron chi connectivity index (χ3n) is 4.18. The predicted octanol–water partition coefficient (Wildman–Crippen LogP) is 1.63. The maximum absolute atomic E-state index is 10.4. The minimum Gasteiger partial charge on any atom is -0.465 e. The van der Waals surface area contributed by atoms with Crippen molar-refractivity contribution < 1.29 is 9.90 Å². The number of carbonyl (C=O) groups is 1. The van der Waals surface area contributed by atoms with E-state index in [4.69, 9.17) is 5.11 Å². The van der Waals surface area contributed by atoms with Gasteiger partial charge in [0.15, 0.2) is 0 Å². The van der Waals surface area contributed by atoms with Gasteiger partial charge in [-0.05, 0) is 23.3 Å². The van der Waals surface area contributed by atoms with E-state index in [0.717, 1.165) is 19.6 Å². The molecule has 0 spiro atoms. The number of amides is 1. The Balaban J connectivity index is 1.45. The van der Waals surface area contributed by atoms with Crippen LogP contribution in [0, 0.1) is 17.8 Å². The first-order chi connectivity index (χ1) is 8.74. The third-order valence-corrected chi connectivity index (χ3v) is 4.18. The van der Waals surface area contributed by atoms with Gasteiger partial charge in [-0.15, -0.1) is 0 Å². The summed E-state index contributed by atoms with van der Waals surface area (Å²) in [6, 6.07) is 10.5. The van der Waals surface area contributed by atoms with Crippen LogP contribution in [0.4, 0.5) is 4.79 Å². The minimum atomic E-state index is -0.902.